The number of benzene rings is 1. The molecule has 0 saturated heterocycles. The van der Waals surface area contributed by atoms with Gasteiger partial charge in [-0.2, -0.15) is 0 Å². The lowest BCUT2D eigenvalue weighted by Gasteiger charge is -2.06. The van der Waals surface area contributed by atoms with Gasteiger partial charge in [0.15, 0.2) is 5.13 Å². The number of aromatic nitrogens is 1. The first kappa shape index (κ1) is 11.6. The number of carboxylic acids is 1. The minimum Gasteiger partial charge on any atom is -0.478 e. The standard InChI is InChI=1S/C12H12N2O2S/c1-7-5-9(3-4-10(7)11(15)16)14-12-13-8(2)6-17-12/h3-6H,1-2H3,(H,13,14)(H,15,16). The van der Waals surface area contributed by atoms with Gasteiger partial charge in [0.25, 0.3) is 0 Å². The maximum Gasteiger partial charge on any atom is 0.335 e. The molecule has 1 aromatic carbocycles. The predicted molar refractivity (Wildman–Crippen MR) is 68.3 cm³/mol. The van der Waals surface area contributed by atoms with Crippen LogP contribution in [0, 0.1) is 13.8 Å². The summed E-state index contributed by atoms with van der Waals surface area (Å²) in [5, 5.41) is 14.8. The van der Waals surface area contributed by atoms with Gasteiger partial charge < -0.3 is 10.4 Å². The molecule has 0 saturated carbocycles. The van der Waals surface area contributed by atoms with Crippen molar-refractivity contribution < 1.29 is 9.90 Å². The van der Waals surface area contributed by atoms with Crippen LogP contribution in [0.1, 0.15) is 21.6 Å². The van der Waals surface area contributed by atoms with Gasteiger partial charge in [0, 0.05) is 11.1 Å². The quantitative estimate of drug-likeness (QED) is 0.875. The van der Waals surface area contributed by atoms with E-state index in [4.69, 9.17) is 5.11 Å². The predicted octanol–water partition coefficient (Wildman–Crippen LogP) is 3.20. The van der Waals surface area contributed by atoms with Gasteiger partial charge in [0.05, 0.1) is 11.3 Å². The molecule has 0 fully saturated rings. The Morgan fingerprint density at radius 2 is 2.18 bits per heavy atom. The third-order valence-electron chi connectivity index (χ3n) is 2.33. The maximum absolute atomic E-state index is 10.9. The third-order valence-corrected chi connectivity index (χ3v) is 3.20. The molecule has 2 N–H and O–H groups in total. The zero-order valence-corrected chi connectivity index (χ0v) is 10.3. The smallest absolute Gasteiger partial charge is 0.335 e. The van der Waals surface area contributed by atoms with Crippen LogP contribution in [0.25, 0.3) is 0 Å². The normalized spacial score (nSPS) is 10.2. The van der Waals surface area contributed by atoms with Gasteiger partial charge >= 0.3 is 5.97 Å². The van der Waals surface area contributed by atoms with Crippen molar-refractivity contribution in [2.45, 2.75) is 13.8 Å². The summed E-state index contributed by atoms with van der Waals surface area (Å²) in [4.78, 5) is 15.1. The van der Waals surface area contributed by atoms with Crippen LogP contribution >= 0.6 is 11.3 Å². The highest BCUT2D eigenvalue weighted by Crippen LogP contribution is 2.22. The topological polar surface area (TPSA) is 62.2 Å². The number of nitrogens with zero attached hydrogens (tertiary/aromatic N) is 1. The Morgan fingerprint density at radius 1 is 1.41 bits per heavy atom. The zero-order chi connectivity index (χ0) is 12.4. The van der Waals surface area contributed by atoms with Gasteiger partial charge in [-0.1, -0.05) is 0 Å². The van der Waals surface area contributed by atoms with Crippen LogP contribution in [0.15, 0.2) is 23.6 Å². The first-order chi connectivity index (χ1) is 8.06. The molecule has 0 amide bonds. The van der Waals surface area contributed by atoms with E-state index in [0.29, 0.717) is 5.56 Å². The average molecular weight is 248 g/mol. The van der Waals surface area contributed by atoms with Crippen LogP contribution in [0.3, 0.4) is 0 Å². The van der Waals surface area contributed by atoms with E-state index in [0.717, 1.165) is 22.1 Å². The van der Waals surface area contributed by atoms with Gasteiger partial charge in [0.1, 0.15) is 0 Å². The van der Waals surface area contributed by atoms with E-state index in [-0.39, 0.29) is 0 Å². The van der Waals surface area contributed by atoms with Crippen molar-refractivity contribution in [3.8, 4) is 0 Å². The second-order valence-corrected chi connectivity index (χ2v) is 4.61. The highest BCUT2D eigenvalue weighted by molar-refractivity contribution is 7.13. The van der Waals surface area contributed by atoms with Crippen molar-refractivity contribution in [3.05, 3.63) is 40.4 Å². The van der Waals surface area contributed by atoms with E-state index in [2.05, 4.69) is 10.3 Å². The summed E-state index contributed by atoms with van der Waals surface area (Å²) in [7, 11) is 0. The Kier molecular flexibility index (Phi) is 3.10. The Labute approximate surface area is 103 Å². The van der Waals surface area contributed by atoms with Crippen molar-refractivity contribution in [1.82, 2.24) is 4.98 Å². The number of thiazole rings is 1. The fourth-order valence-electron chi connectivity index (χ4n) is 1.52. The molecule has 88 valence electrons. The molecule has 17 heavy (non-hydrogen) atoms. The summed E-state index contributed by atoms with van der Waals surface area (Å²) < 4.78 is 0. The van der Waals surface area contributed by atoms with Crippen LogP contribution in [-0.2, 0) is 0 Å². The van der Waals surface area contributed by atoms with E-state index < -0.39 is 5.97 Å². The van der Waals surface area contributed by atoms with Crippen molar-refractivity contribution in [2.24, 2.45) is 0 Å². The van der Waals surface area contributed by atoms with Gasteiger partial charge in [-0.05, 0) is 37.6 Å². The molecule has 1 heterocycles. The average Bonchev–Trinajstić information content (AvgIpc) is 2.63. The van der Waals surface area contributed by atoms with Crippen LogP contribution in [0.4, 0.5) is 10.8 Å². The van der Waals surface area contributed by atoms with Crippen molar-refractivity contribution >= 4 is 28.1 Å². The fourth-order valence-corrected chi connectivity index (χ4v) is 2.22. The number of hydrogen-bond donors (Lipinski definition) is 2. The van der Waals surface area contributed by atoms with Crippen LogP contribution in [-0.4, -0.2) is 16.1 Å². The minimum absolute atomic E-state index is 0.325. The first-order valence-electron chi connectivity index (χ1n) is 5.09. The van der Waals surface area contributed by atoms with Gasteiger partial charge in [-0.15, -0.1) is 11.3 Å². The summed E-state index contributed by atoms with van der Waals surface area (Å²) in [6, 6.07) is 5.15. The van der Waals surface area contributed by atoms with Crippen molar-refractivity contribution in [3.63, 3.8) is 0 Å². The monoisotopic (exact) mass is 248 g/mol. The van der Waals surface area contributed by atoms with E-state index in [1.165, 1.54) is 11.3 Å². The highest BCUT2D eigenvalue weighted by Gasteiger charge is 2.07. The molecule has 0 radical (unpaired) electrons. The molecule has 2 aromatic rings. The number of aryl methyl sites for hydroxylation is 2. The molecule has 0 unspecified atom stereocenters. The molecule has 0 aliphatic heterocycles. The maximum atomic E-state index is 10.9. The van der Waals surface area contributed by atoms with Crippen molar-refractivity contribution in [2.75, 3.05) is 5.32 Å². The number of carbonyl (C=O) groups is 1. The lowest BCUT2D eigenvalue weighted by Crippen LogP contribution is -2.00. The SMILES string of the molecule is Cc1csc(Nc2ccc(C(=O)O)c(C)c2)n1. The molecule has 1 aromatic heterocycles. The molecular formula is C12H12N2O2S. The van der Waals surface area contributed by atoms with E-state index in [1.54, 1.807) is 25.1 Å². The second-order valence-electron chi connectivity index (χ2n) is 3.75. The highest BCUT2D eigenvalue weighted by atomic mass is 32.1. The molecule has 0 spiro atoms. The molecule has 0 aliphatic rings. The fraction of sp³-hybridized carbons (Fsp3) is 0.167. The summed E-state index contributed by atoms with van der Waals surface area (Å²) >= 11 is 1.52. The number of nitrogens with one attached hydrogen (secondary N) is 1. The lowest BCUT2D eigenvalue weighted by molar-refractivity contribution is 0.0696. The minimum atomic E-state index is -0.904. The van der Waals surface area contributed by atoms with Crippen LogP contribution in [0.5, 0.6) is 0 Å². The molecule has 0 bridgehead atoms. The van der Waals surface area contributed by atoms with E-state index in [9.17, 15) is 4.79 Å². The summed E-state index contributed by atoms with van der Waals surface area (Å²) in [5.74, 6) is -0.904. The number of anilines is 2. The molecule has 5 heteroatoms. The van der Waals surface area contributed by atoms with Crippen molar-refractivity contribution in [1.29, 1.82) is 0 Å². The second kappa shape index (κ2) is 4.55. The third kappa shape index (κ3) is 2.62. The molecule has 0 atom stereocenters. The van der Waals surface area contributed by atoms with Gasteiger partial charge in [-0.3, -0.25) is 0 Å². The number of hydrogen-bond acceptors (Lipinski definition) is 4. The number of aromatic carboxylic acids is 1. The molecule has 2 rings (SSSR count). The Morgan fingerprint density at radius 3 is 2.71 bits per heavy atom. The molecular weight excluding hydrogens is 236 g/mol. The van der Waals surface area contributed by atoms with Gasteiger partial charge in [-0.25, -0.2) is 9.78 Å². The number of rotatable bonds is 3. The Hall–Kier alpha value is -1.88. The summed E-state index contributed by atoms with van der Waals surface area (Å²) in [5.41, 5.74) is 2.87. The lowest BCUT2D eigenvalue weighted by atomic mass is 10.1. The molecule has 0 aliphatic carbocycles. The van der Waals surface area contributed by atoms with E-state index in [1.807, 2.05) is 12.3 Å². The zero-order valence-electron chi connectivity index (χ0n) is 9.52. The Balaban J connectivity index is 2.23. The largest absolute Gasteiger partial charge is 0.478 e. The summed E-state index contributed by atoms with van der Waals surface area (Å²) in [6.07, 6.45) is 0. The molecule has 4 nitrogen and oxygen atoms in total. The van der Waals surface area contributed by atoms with Gasteiger partial charge in [0.2, 0.25) is 0 Å². The summed E-state index contributed by atoms with van der Waals surface area (Å²) in [6.45, 7) is 3.71. The van der Waals surface area contributed by atoms with Crippen LogP contribution < -0.4 is 5.32 Å². The Bertz CT molecular complexity index is 563. The van der Waals surface area contributed by atoms with Crippen LogP contribution in [0.2, 0.25) is 0 Å². The van der Waals surface area contributed by atoms with E-state index >= 15 is 0 Å². The first-order valence-corrected chi connectivity index (χ1v) is 5.97. The number of carboxylic acid groups (broad SMARTS) is 1.